The number of phenolic OH excluding ortho intramolecular Hbond substituents is 1. The lowest BCUT2D eigenvalue weighted by Gasteiger charge is -2.21. The second-order valence-corrected chi connectivity index (χ2v) is 6.09. The second kappa shape index (κ2) is 5.85. The van der Waals surface area contributed by atoms with E-state index in [4.69, 9.17) is 23.1 Å². The molecule has 22 heavy (non-hydrogen) atoms. The van der Waals surface area contributed by atoms with Crippen LogP contribution < -0.4 is 11.5 Å². The van der Waals surface area contributed by atoms with Crippen LogP contribution in [0.3, 0.4) is 0 Å². The predicted octanol–water partition coefficient (Wildman–Crippen LogP) is 3.30. The fourth-order valence-electron chi connectivity index (χ4n) is 2.13. The number of nitrogens with two attached hydrogens (primary N) is 2. The van der Waals surface area contributed by atoms with E-state index in [1.165, 1.54) is 0 Å². The van der Waals surface area contributed by atoms with E-state index < -0.39 is 0 Å². The zero-order valence-electron chi connectivity index (χ0n) is 12.8. The number of nitrogens with zero attached hydrogens (tertiary/aromatic N) is 2. The van der Waals surface area contributed by atoms with Crippen molar-refractivity contribution in [3.63, 3.8) is 0 Å². The Morgan fingerprint density at radius 2 is 1.91 bits per heavy atom. The first-order chi connectivity index (χ1) is 10.2. The minimum Gasteiger partial charge on any atom is -0.506 e. The van der Waals surface area contributed by atoms with E-state index in [-0.39, 0.29) is 17.1 Å². The SMILES string of the molecule is Cc1nc(N)nc(N)c1/C=C/C(C)(C)c1ccc(O)c(Cl)c1. The lowest BCUT2D eigenvalue weighted by molar-refractivity contribution is 0.475. The summed E-state index contributed by atoms with van der Waals surface area (Å²) in [5.41, 5.74) is 13.6. The van der Waals surface area contributed by atoms with Gasteiger partial charge in [-0.25, -0.2) is 4.98 Å². The highest BCUT2D eigenvalue weighted by Gasteiger charge is 2.18. The van der Waals surface area contributed by atoms with Crippen LogP contribution in [0.2, 0.25) is 5.02 Å². The molecule has 2 rings (SSSR count). The minimum atomic E-state index is -0.308. The third kappa shape index (κ3) is 3.31. The summed E-state index contributed by atoms with van der Waals surface area (Å²) >= 11 is 5.98. The Morgan fingerprint density at radius 1 is 1.23 bits per heavy atom. The van der Waals surface area contributed by atoms with Crippen molar-refractivity contribution in [3.05, 3.63) is 46.1 Å². The number of halogens is 1. The summed E-state index contributed by atoms with van der Waals surface area (Å²) in [6.45, 7) is 5.91. The number of aromatic hydroxyl groups is 1. The van der Waals surface area contributed by atoms with E-state index in [9.17, 15) is 5.11 Å². The summed E-state index contributed by atoms with van der Waals surface area (Å²) < 4.78 is 0. The van der Waals surface area contributed by atoms with Gasteiger partial charge in [-0.1, -0.05) is 43.7 Å². The zero-order chi connectivity index (χ0) is 16.5. The molecular formula is C16H19ClN4O. The molecule has 0 aliphatic carbocycles. The fourth-order valence-corrected chi connectivity index (χ4v) is 2.31. The van der Waals surface area contributed by atoms with Crippen molar-refractivity contribution in [3.8, 4) is 5.75 Å². The Kier molecular flexibility index (Phi) is 4.28. The number of aromatic nitrogens is 2. The topological polar surface area (TPSA) is 98.0 Å². The molecule has 0 aliphatic heterocycles. The average Bonchev–Trinajstić information content (AvgIpc) is 2.40. The Labute approximate surface area is 134 Å². The van der Waals surface area contributed by atoms with Crippen molar-refractivity contribution in [1.82, 2.24) is 9.97 Å². The summed E-state index contributed by atoms with van der Waals surface area (Å²) in [5.74, 6) is 0.578. The van der Waals surface area contributed by atoms with Gasteiger partial charge in [0.1, 0.15) is 11.6 Å². The monoisotopic (exact) mass is 318 g/mol. The Hall–Kier alpha value is -2.27. The molecule has 0 saturated carbocycles. The van der Waals surface area contributed by atoms with E-state index in [1.54, 1.807) is 12.1 Å². The van der Waals surface area contributed by atoms with Crippen molar-refractivity contribution in [2.24, 2.45) is 0 Å². The first-order valence-corrected chi connectivity index (χ1v) is 7.16. The largest absolute Gasteiger partial charge is 0.506 e. The number of benzene rings is 1. The van der Waals surface area contributed by atoms with Gasteiger partial charge in [0.05, 0.1) is 10.7 Å². The normalized spacial score (nSPS) is 12.0. The maximum absolute atomic E-state index is 9.52. The van der Waals surface area contributed by atoms with E-state index >= 15 is 0 Å². The van der Waals surface area contributed by atoms with E-state index in [0.29, 0.717) is 10.8 Å². The number of hydrogen-bond donors (Lipinski definition) is 3. The molecule has 0 aliphatic rings. The van der Waals surface area contributed by atoms with Crippen molar-refractivity contribution >= 4 is 29.4 Å². The van der Waals surface area contributed by atoms with Crippen LogP contribution in [0.25, 0.3) is 6.08 Å². The maximum Gasteiger partial charge on any atom is 0.222 e. The van der Waals surface area contributed by atoms with Crippen LogP contribution in [0.5, 0.6) is 5.75 Å². The number of nitrogen functional groups attached to an aromatic ring is 2. The Bertz CT molecular complexity index is 718. The number of allylic oxidation sites excluding steroid dienone is 1. The number of anilines is 2. The van der Waals surface area contributed by atoms with Crippen LogP contribution in [0.15, 0.2) is 24.3 Å². The quantitative estimate of drug-likeness (QED) is 0.806. The van der Waals surface area contributed by atoms with Crippen LogP contribution in [-0.2, 0) is 5.41 Å². The van der Waals surface area contributed by atoms with Crippen LogP contribution in [-0.4, -0.2) is 15.1 Å². The van der Waals surface area contributed by atoms with Gasteiger partial charge >= 0.3 is 0 Å². The lowest BCUT2D eigenvalue weighted by Crippen LogP contribution is -2.13. The maximum atomic E-state index is 9.52. The van der Waals surface area contributed by atoms with Crippen molar-refractivity contribution in [2.45, 2.75) is 26.2 Å². The van der Waals surface area contributed by atoms with E-state index in [2.05, 4.69) is 9.97 Å². The van der Waals surface area contributed by atoms with Crippen LogP contribution in [0.4, 0.5) is 11.8 Å². The standard InChI is InChI=1S/C16H19ClN4O/c1-9-11(14(18)21-15(19)20-9)6-7-16(2,3)10-4-5-13(22)12(17)8-10/h4-8,22H,1-3H3,(H4,18,19,20,21)/b7-6+. The van der Waals surface area contributed by atoms with Gasteiger partial charge < -0.3 is 16.6 Å². The highest BCUT2D eigenvalue weighted by Crippen LogP contribution is 2.32. The molecule has 0 amide bonds. The first kappa shape index (κ1) is 16.1. The molecule has 1 heterocycles. The van der Waals surface area contributed by atoms with Crippen molar-refractivity contribution < 1.29 is 5.11 Å². The van der Waals surface area contributed by atoms with Gasteiger partial charge in [0.2, 0.25) is 5.95 Å². The van der Waals surface area contributed by atoms with Gasteiger partial charge in [0.25, 0.3) is 0 Å². The summed E-state index contributed by atoms with van der Waals surface area (Å²) in [6.07, 6.45) is 3.87. The van der Waals surface area contributed by atoms with Crippen LogP contribution in [0.1, 0.15) is 30.7 Å². The molecule has 0 saturated heterocycles. The predicted molar refractivity (Wildman–Crippen MR) is 90.8 cm³/mol. The third-order valence-electron chi connectivity index (χ3n) is 3.54. The first-order valence-electron chi connectivity index (χ1n) is 6.78. The summed E-state index contributed by atoms with van der Waals surface area (Å²) in [7, 11) is 0. The van der Waals surface area contributed by atoms with E-state index in [0.717, 1.165) is 16.8 Å². The molecular weight excluding hydrogens is 300 g/mol. The molecule has 2 aromatic rings. The van der Waals surface area contributed by atoms with Gasteiger partial charge in [-0.2, -0.15) is 4.98 Å². The molecule has 0 fully saturated rings. The van der Waals surface area contributed by atoms with Crippen LogP contribution in [0, 0.1) is 6.92 Å². The molecule has 0 bridgehead atoms. The van der Waals surface area contributed by atoms with Crippen molar-refractivity contribution in [1.29, 1.82) is 0 Å². The van der Waals surface area contributed by atoms with Crippen LogP contribution >= 0.6 is 11.6 Å². The molecule has 0 spiro atoms. The number of hydrogen-bond acceptors (Lipinski definition) is 5. The molecule has 5 N–H and O–H groups in total. The molecule has 6 heteroatoms. The molecule has 1 aromatic heterocycles. The number of phenols is 1. The highest BCUT2D eigenvalue weighted by atomic mass is 35.5. The summed E-state index contributed by atoms with van der Waals surface area (Å²) in [5, 5.41) is 9.85. The fraction of sp³-hybridized carbons (Fsp3) is 0.250. The molecule has 0 unspecified atom stereocenters. The Morgan fingerprint density at radius 3 is 2.50 bits per heavy atom. The Balaban J connectivity index is 2.37. The number of aryl methyl sites for hydroxylation is 1. The smallest absolute Gasteiger partial charge is 0.222 e. The highest BCUT2D eigenvalue weighted by molar-refractivity contribution is 6.32. The second-order valence-electron chi connectivity index (χ2n) is 5.69. The average molecular weight is 319 g/mol. The summed E-state index contributed by atoms with van der Waals surface area (Å²) in [4.78, 5) is 8.09. The third-order valence-corrected chi connectivity index (χ3v) is 3.84. The molecule has 0 atom stereocenters. The van der Waals surface area contributed by atoms with Gasteiger partial charge in [-0.3, -0.25) is 0 Å². The van der Waals surface area contributed by atoms with E-state index in [1.807, 2.05) is 39.0 Å². The zero-order valence-corrected chi connectivity index (χ0v) is 13.5. The molecule has 116 valence electrons. The van der Waals surface area contributed by atoms with Crippen molar-refractivity contribution in [2.75, 3.05) is 11.5 Å². The molecule has 1 aromatic carbocycles. The summed E-state index contributed by atoms with van der Waals surface area (Å²) in [6, 6.07) is 5.16. The minimum absolute atomic E-state index is 0.0669. The van der Waals surface area contributed by atoms with Gasteiger partial charge in [-0.05, 0) is 24.6 Å². The molecule has 0 radical (unpaired) electrons. The molecule has 5 nitrogen and oxygen atoms in total. The van der Waals surface area contributed by atoms with Gasteiger partial charge in [0.15, 0.2) is 0 Å². The lowest BCUT2D eigenvalue weighted by atomic mass is 9.84. The number of rotatable bonds is 3. The van der Waals surface area contributed by atoms with Gasteiger partial charge in [-0.15, -0.1) is 0 Å². The van der Waals surface area contributed by atoms with Gasteiger partial charge in [0, 0.05) is 11.0 Å².